The van der Waals surface area contributed by atoms with Crippen molar-refractivity contribution in [2.45, 2.75) is 19.9 Å². The summed E-state index contributed by atoms with van der Waals surface area (Å²) >= 11 is 1.05. The first kappa shape index (κ1) is 14.0. The first-order chi connectivity index (χ1) is 8.54. The van der Waals surface area contributed by atoms with E-state index in [9.17, 15) is 9.59 Å². The minimum atomic E-state index is -1.00. The molecule has 1 aromatic rings. The molecule has 0 saturated carbocycles. The Labute approximate surface area is 108 Å². The number of terminal acetylenes is 1. The first-order valence-corrected chi connectivity index (χ1v) is 6.01. The molecule has 6 nitrogen and oxygen atoms in total. The summed E-state index contributed by atoms with van der Waals surface area (Å²) in [5.41, 5.74) is 0.456. The van der Waals surface area contributed by atoms with Gasteiger partial charge in [0.15, 0.2) is 0 Å². The molecule has 2 amide bonds. The molecule has 0 spiro atoms. The largest absolute Gasteiger partial charge is 0.477 e. The highest BCUT2D eigenvalue weighted by atomic mass is 32.1. The van der Waals surface area contributed by atoms with E-state index in [0.29, 0.717) is 23.7 Å². The van der Waals surface area contributed by atoms with Crippen LogP contribution in [0.3, 0.4) is 0 Å². The summed E-state index contributed by atoms with van der Waals surface area (Å²) in [6.07, 6.45) is 5.51. The number of thiazole rings is 1. The molecule has 7 heteroatoms. The summed E-state index contributed by atoms with van der Waals surface area (Å²) in [4.78, 5) is 26.3. The average Bonchev–Trinajstić information content (AvgIpc) is 2.68. The minimum absolute atomic E-state index is 0.194. The summed E-state index contributed by atoms with van der Waals surface area (Å²) in [6, 6.07) is -0.352. The van der Waals surface area contributed by atoms with Gasteiger partial charge >= 0.3 is 12.0 Å². The number of carboxylic acid groups (broad SMARTS) is 1. The van der Waals surface area contributed by atoms with Gasteiger partial charge in [-0.15, -0.1) is 23.7 Å². The number of carbonyl (C=O) groups excluding carboxylic acids is 1. The summed E-state index contributed by atoms with van der Waals surface area (Å²) in [7, 11) is 0. The summed E-state index contributed by atoms with van der Waals surface area (Å²) < 4.78 is 0. The van der Waals surface area contributed by atoms with Crippen LogP contribution in [0.5, 0.6) is 0 Å². The van der Waals surface area contributed by atoms with E-state index in [2.05, 4.69) is 21.5 Å². The summed E-state index contributed by atoms with van der Waals surface area (Å²) in [6.45, 7) is 2.22. The Morgan fingerprint density at radius 3 is 2.78 bits per heavy atom. The summed E-state index contributed by atoms with van der Waals surface area (Å²) in [5.74, 6) is 1.40. The van der Waals surface area contributed by atoms with E-state index >= 15 is 0 Å². The van der Waals surface area contributed by atoms with Crippen LogP contribution in [0.2, 0.25) is 0 Å². The number of nitrogens with one attached hydrogen (secondary N) is 2. The predicted octanol–water partition coefficient (Wildman–Crippen LogP) is 0.972. The van der Waals surface area contributed by atoms with E-state index in [4.69, 9.17) is 11.5 Å². The van der Waals surface area contributed by atoms with Gasteiger partial charge in [0.2, 0.25) is 0 Å². The molecule has 1 aromatic heterocycles. The second kappa shape index (κ2) is 6.61. The second-order valence-electron chi connectivity index (χ2n) is 3.39. The lowest BCUT2D eigenvalue weighted by Gasteiger charge is -2.03. The van der Waals surface area contributed by atoms with Crippen molar-refractivity contribution in [1.29, 1.82) is 0 Å². The second-order valence-corrected chi connectivity index (χ2v) is 4.47. The first-order valence-electron chi connectivity index (χ1n) is 5.19. The third-order valence-corrected chi connectivity index (χ3v) is 3.14. The van der Waals surface area contributed by atoms with E-state index in [1.807, 2.05) is 0 Å². The Kier molecular flexibility index (Phi) is 5.14. The van der Waals surface area contributed by atoms with Crippen molar-refractivity contribution in [3.63, 3.8) is 0 Å². The maximum atomic E-state index is 11.3. The fourth-order valence-electron chi connectivity index (χ4n) is 1.19. The molecule has 0 aliphatic heterocycles. The van der Waals surface area contributed by atoms with Crippen LogP contribution in [-0.2, 0) is 6.54 Å². The number of urea groups is 1. The van der Waals surface area contributed by atoms with Gasteiger partial charge in [0.25, 0.3) is 0 Å². The minimum Gasteiger partial charge on any atom is -0.477 e. The molecule has 1 heterocycles. The molecule has 0 fully saturated rings. The van der Waals surface area contributed by atoms with Crippen LogP contribution < -0.4 is 10.6 Å². The SMILES string of the molecule is C#CCCNC(=O)NCc1nc(C)c(C(=O)O)s1. The molecular formula is C11H13N3O3S. The van der Waals surface area contributed by atoms with Crippen LogP contribution in [0, 0.1) is 19.3 Å². The number of nitrogens with zero attached hydrogens (tertiary/aromatic N) is 1. The van der Waals surface area contributed by atoms with Crippen molar-refractivity contribution in [2.75, 3.05) is 6.54 Å². The van der Waals surface area contributed by atoms with Crippen molar-refractivity contribution >= 4 is 23.3 Å². The van der Waals surface area contributed by atoms with E-state index in [1.54, 1.807) is 6.92 Å². The molecule has 0 aromatic carbocycles. The Morgan fingerprint density at radius 1 is 1.50 bits per heavy atom. The van der Waals surface area contributed by atoms with Crippen LogP contribution in [0.15, 0.2) is 0 Å². The van der Waals surface area contributed by atoms with Gasteiger partial charge in [-0.3, -0.25) is 0 Å². The van der Waals surface area contributed by atoms with E-state index in [-0.39, 0.29) is 17.5 Å². The highest BCUT2D eigenvalue weighted by Gasteiger charge is 2.13. The van der Waals surface area contributed by atoms with Crippen LogP contribution in [0.1, 0.15) is 26.8 Å². The molecule has 96 valence electrons. The molecule has 0 aliphatic rings. The predicted molar refractivity (Wildman–Crippen MR) is 67.5 cm³/mol. The molecule has 1 rings (SSSR count). The molecule has 3 N–H and O–H groups in total. The molecule has 0 saturated heterocycles. The number of aromatic nitrogens is 1. The van der Waals surface area contributed by atoms with Gasteiger partial charge < -0.3 is 15.7 Å². The molecule has 0 unspecified atom stereocenters. The smallest absolute Gasteiger partial charge is 0.347 e. The lowest BCUT2D eigenvalue weighted by atomic mass is 10.4. The number of amides is 2. The topological polar surface area (TPSA) is 91.3 Å². The molecule has 0 bridgehead atoms. The van der Waals surface area contributed by atoms with Crippen LogP contribution in [0.25, 0.3) is 0 Å². The van der Waals surface area contributed by atoms with Crippen molar-refractivity contribution in [2.24, 2.45) is 0 Å². The lowest BCUT2D eigenvalue weighted by Crippen LogP contribution is -2.35. The highest BCUT2D eigenvalue weighted by molar-refractivity contribution is 7.13. The van der Waals surface area contributed by atoms with Gasteiger partial charge in [-0.25, -0.2) is 14.6 Å². The van der Waals surface area contributed by atoms with Gasteiger partial charge in [-0.05, 0) is 6.92 Å². The number of carboxylic acids is 1. The van der Waals surface area contributed by atoms with Crippen LogP contribution in [0.4, 0.5) is 4.79 Å². The number of aryl methyl sites for hydroxylation is 1. The maximum absolute atomic E-state index is 11.3. The number of hydrogen-bond acceptors (Lipinski definition) is 4. The van der Waals surface area contributed by atoms with E-state index in [0.717, 1.165) is 11.3 Å². The van der Waals surface area contributed by atoms with Gasteiger partial charge in [0.1, 0.15) is 9.88 Å². The Bertz CT molecular complexity index is 490. The zero-order chi connectivity index (χ0) is 13.5. The zero-order valence-corrected chi connectivity index (χ0v) is 10.6. The summed E-state index contributed by atoms with van der Waals surface area (Å²) in [5, 5.41) is 14.5. The molecule has 0 aliphatic carbocycles. The fraction of sp³-hybridized carbons (Fsp3) is 0.364. The number of rotatable bonds is 5. The van der Waals surface area contributed by atoms with Gasteiger partial charge in [-0.2, -0.15) is 0 Å². The van der Waals surface area contributed by atoms with Crippen molar-refractivity contribution in [3.05, 3.63) is 15.6 Å². The number of carbonyl (C=O) groups is 2. The van der Waals surface area contributed by atoms with Crippen molar-refractivity contribution in [1.82, 2.24) is 15.6 Å². The quantitative estimate of drug-likeness (QED) is 0.547. The third kappa shape index (κ3) is 4.07. The standard InChI is InChI=1S/C11H13N3O3S/c1-3-4-5-12-11(17)13-6-8-14-7(2)9(18-8)10(15)16/h1H,4-6H2,2H3,(H,15,16)(H2,12,13,17). The number of hydrogen-bond donors (Lipinski definition) is 3. The van der Waals surface area contributed by atoms with Crippen LogP contribution in [-0.4, -0.2) is 28.6 Å². The Morgan fingerprint density at radius 2 is 2.22 bits per heavy atom. The van der Waals surface area contributed by atoms with E-state index in [1.165, 1.54) is 0 Å². The normalized spacial score (nSPS) is 9.56. The Balaban J connectivity index is 2.44. The third-order valence-electron chi connectivity index (χ3n) is 1.99. The monoisotopic (exact) mass is 267 g/mol. The van der Waals surface area contributed by atoms with Gasteiger partial charge in [0.05, 0.1) is 12.2 Å². The maximum Gasteiger partial charge on any atom is 0.347 e. The molecular weight excluding hydrogens is 254 g/mol. The lowest BCUT2D eigenvalue weighted by molar-refractivity contribution is 0.0701. The fourth-order valence-corrected chi connectivity index (χ4v) is 2.04. The Hall–Kier alpha value is -2.07. The number of aromatic carboxylic acids is 1. The molecule has 0 atom stereocenters. The van der Waals surface area contributed by atoms with E-state index < -0.39 is 5.97 Å². The average molecular weight is 267 g/mol. The van der Waals surface area contributed by atoms with Gasteiger partial charge in [0, 0.05) is 13.0 Å². The highest BCUT2D eigenvalue weighted by Crippen LogP contribution is 2.17. The molecule has 0 radical (unpaired) electrons. The van der Waals surface area contributed by atoms with Gasteiger partial charge in [-0.1, -0.05) is 0 Å². The van der Waals surface area contributed by atoms with Crippen LogP contribution >= 0.6 is 11.3 Å². The van der Waals surface area contributed by atoms with Crippen molar-refractivity contribution in [3.8, 4) is 12.3 Å². The zero-order valence-electron chi connectivity index (χ0n) is 9.82. The molecule has 18 heavy (non-hydrogen) atoms. The van der Waals surface area contributed by atoms with Crippen molar-refractivity contribution < 1.29 is 14.7 Å².